The summed E-state index contributed by atoms with van der Waals surface area (Å²) in [7, 11) is 1.56. The molecule has 0 atom stereocenters. The van der Waals surface area contributed by atoms with Crippen LogP contribution in [0.4, 0.5) is 10.2 Å². The Morgan fingerprint density at radius 2 is 2.03 bits per heavy atom. The van der Waals surface area contributed by atoms with Crippen LogP contribution >= 0.6 is 0 Å². The second-order valence-electron chi connectivity index (χ2n) is 7.94. The lowest BCUT2D eigenvalue weighted by Gasteiger charge is -2.19. The number of carbonyl (C=O) groups excluding carboxylic acids is 2. The Morgan fingerprint density at radius 3 is 2.77 bits per heavy atom. The minimum absolute atomic E-state index is 0.111. The van der Waals surface area contributed by atoms with Gasteiger partial charge in [-0.05, 0) is 72.5 Å². The fraction of sp³-hybridized carbons (Fsp3) is 0.185. The van der Waals surface area contributed by atoms with E-state index in [1.54, 1.807) is 60.8 Å². The fourth-order valence-corrected chi connectivity index (χ4v) is 3.80. The van der Waals surface area contributed by atoms with Gasteiger partial charge < -0.3 is 15.0 Å². The number of carbonyl (C=O) groups is 2. The van der Waals surface area contributed by atoms with E-state index < -0.39 is 0 Å². The number of hydrogen-bond acceptors (Lipinski definition) is 5. The lowest BCUT2D eigenvalue weighted by Crippen LogP contribution is -2.30. The maximum absolute atomic E-state index is 13.8. The highest BCUT2D eigenvalue weighted by atomic mass is 19.1. The van der Waals surface area contributed by atoms with E-state index in [9.17, 15) is 14.0 Å². The van der Waals surface area contributed by atoms with E-state index in [-0.39, 0.29) is 17.6 Å². The number of nitrogens with one attached hydrogen (secondary N) is 1. The summed E-state index contributed by atoms with van der Waals surface area (Å²) in [5, 5.41) is 2.71. The van der Waals surface area contributed by atoms with Crippen LogP contribution in [0.15, 0.2) is 73.2 Å². The Hall–Kier alpha value is -4.33. The first kappa shape index (κ1) is 23.8. The zero-order valence-corrected chi connectivity index (χ0v) is 19.3. The molecular formula is C27H25FN4O3. The molecule has 0 unspecified atom stereocenters. The van der Waals surface area contributed by atoms with Crippen molar-refractivity contribution in [1.29, 1.82) is 0 Å². The standard InChI is InChI=1S/C27H25FN4O3/c1-35-24-9-8-22(28)16-23(24)20-5-3-14-32(15-12-20)26(33)11-7-19-6-10-25(30-17-19)31-27(34)21-4-2-13-29-18-21/h2,4-11,13,16-18H,3,12,14-15H2,1H3,(H,30,31,34). The maximum atomic E-state index is 13.8. The molecule has 0 radical (unpaired) electrons. The van der Waals surface area contributed by atoms with Crippen LogP contribution in [0.3, 0.4) is 0 Å². The molecule has 3 heterocycles. The normalized spacial score (nSPS) is 13.8. The van der Waals surface area contributed by atoms with Crippen molar-refractivity contribution < 1.29 is 18.7 Å². The minimum Gasteiger partial charge on any atom is -0.496 e. The largest absolute Gasteiger partial charge is 0.496 e. The van der Waals surface area contributed by atoms with Crippen molar-refractivity contribution in [2.45, 2.75) is 12.8 Å². The summed E-state index contributed by atoms with van der Waals surface area (Å²) in [6.07, 6.45) is 11.2. The number of nitrogens with zero attached hydrogens (tertiary/aromatic N) is 3. The summed E-state index contributed by atoms with van der Waals surface area (Å²) >= 11 is 0. The van der Waals surface area contributed by atoms with Gasteiger partial charge in [-0.1, -0.05) is 6.08 Å². The summed E-state index contributed by atoms with van der Waals surface area (Å²) in [4.78, 5) is 34.9. The zero-order chi connectivity index (χ0) is 24.6. The highest BCUT2D eigenvalue weighted by Gasteiger charge is 2.17. The number of pyridine rings is 2. The number of benzene rings is 1. The highest BCUT2D eigenvalue weighted by molar-refractivity contribution is 6.03. The van der Waals surface area contributed by atoms with Gasteiger partial charge in [-0.15, -0.1) is 0 Å². The molecule has 0 saturated carbocycles. The van der Waals surface area contributed by atoms with Crippen LogP contribution < -0.4 is 10.1 Å². The molecule has 0 fully saturated rings. The zero-order valence-electron chi connectivity index (χ0n) is 19.3. The predicted octanol–water partition coefficient (Wildman–Crippen LogP) is 4.60. The molecule has 1 aliphatic heterocycles. The van der Waals surface area contributed by atoms with Crippen LogP contribution in [0.25, 0.3) is 11.6 Å². The van der Waals surface area contributed by atoms with Crippen molar-refractivity contribution in [3.05, 3.63) is 95.7 Å². The van der Waals surface area contributed by atoms with E-state index in [0.29, 0.717) is 43.1 Å². The van der Waals surface area contributed by atoms with Gasteiger partial charge >= 0.3 is 0 Å². The highest BCUT2D eigenvalue weighted by Crippen LogP contribution is 2.31. The Labute approximate surface area is 203 Å². The summed E-state index contributed by atoms with van der Waals surface area (Å²) in [6.45, 7) is 1.09. The van der Waals surface area contributed by atoms with Crippen molar-refractivity contribution in [3.63, 3.8) is 0 Å². The minimum atomic E-state index is -0.321. The summed E-state index contributed by atoms with van der Waals surface area (Å²) in [6, 6.07) is 11.3. The number of anilines is 1. The van der Waals surface area contributed by atoms with Gasteiger partial charge in [0.25, 0.3) is 5.91 Å². The summed E-state index contributed by atoms with van der Waals surface area (Å²) in [5.41, 5.74) is 2.86. The predicted molar refractivity (Wildman–Crippen MR) is 132 cm³/mol. The van der Waals surface area contributed by atoms with Crippen molar-refractivity contribution in [3.8, 4) is 5.75 Å². The lowest BCUT2D eigenvalue weighted by atomic mass is 10.0. The van der Waals surface area contributed by atoms with Gasteiger partial charge in [-0.3, -0.25) is 14.6 Å². The Kier molecular flexibility index (Phi) is 7.62. The molecule has 178 valence electrons. The second-order valence-corrected chi connectivity index (χ2v) is 7.94. The van der Waals surface area contributed by atoms with Crippen LogP contribution in [-0.2, 0) is 4.79 Å². The molecule has 0 saturated heterocycles. The van der Waals surface area contributed by atoms with E-state index in [1.807, 2.05) is 6.08 Å². The molecule has 0 bridgehead atoms. The Bertz CT molecular complexity index is 1260. The summed E-state index contributed by atoms with van der Waals surface area (Å²) < 4.78 is 19.2. The van der Waals surface area contributed by atoms with Crippen LogP contribution in [0.5, 0.6) is 5.75 Å². The third kappa shape index (κ3) is 6.17. The lowest BCUT2D eigenvalue weighted by molar-refractivity contribution is -0.125. The van der Waals surface area contributed by atoms with Crippen molar-refractivity contribution in [1.82, 2.24) is 14.9 Å². The van der Waals surface area contributed by atoms with E-state index in [2.05, 4.69) is 15.3 Å². The number of methoxy groups -OCH3 is 1. The number of halogens is 1. The third-order valence-electron chi connectivity index (χ3n) is 5.63. The van der Waals surface area contributed by atoms with Gasteiger partial charge in [0, 0.05) is 43.3 Å². The topological polar surface area (TPSA) is 84.4 Å². The SMILES string of the molecule is COc1ccc(F)cc1C1=CCCN(C(=O)C=Cc2ccc(NC(=O)c3cccnc3)nc2)CC1. The quantitative estimate of drug-likeness (QED) is 0.531. The van der Waals surface area contributed by atoms with Gasteiger partial charge in [0.1, 0.15) is 17.4 Å². The molecule has 0 spiro atoms. The van der Waals surface area contributed by atoms with Gasteiger partial charge in [0.05, 0.1) is 12.7 Å². The monoisotopic (exact) mass is 472 g/mol. The molecule has 35 heavy (non-hydrogen) atoms. The molecule has 1 aliphatic rings. The van der Waals surface area contributed by atoms with Gasteiger partial charge in [0.15, 0.2) is 0 Å². The number of aromatic nitrogens is 2. The van der Waals surface area contributed by atoms with E-state index >= 15 is 0 Å². The number of amides is 2. The van der Waals surface area contributed by atoms with E-state index in [1.165, 1.54) is 24.4 Å². The molecule has 2 aromatic heterocycles. The summed E-state index contributed by atoms with van der Waals surface area (Å²) in [5.74, 6) is 0.290. The molecule has 8 heteroatoms. The molecule has 3 aromatic rings. The molecule has 2 amide bonds. The van der Waals surface area contributed by atoms with Crippen molar-refractivity contribution in [2.75, 3.05) is 25.5 Å². The number of hydrogen-bond donors (Lipinski definition) is 1. The van der Waals surface area contributed by atoms with Crippen LogP contribution in [-0.4, -0.2) is 46.9 Å². The smallest absolute Gasteiger partial charge is 0.258 e. The van der Waals surface area contributed by atoms with E-state index in [4.69, 9.17) is 4.74 Å². The molecule has 1 N–H and O–H groups in total. The van der Waals surface area contributed by atoms with Crippen molar-refractivity contribution in [2.24, 2.45) is 0 Å². The van der Waals surface area contributed by atoms with Crippen LogP contribution in [0.2, 0.25) is 0 Å². The Balaban J connectivity index is 1.34. The van der Waals surface area contributed by atoms with Gasteiger partial charge in [-0.2, -0.15) is 0 Å². The first-order valence-electron chi connectivity index (χ1n) is 11.2. The van der Waals surface area contributed by atoms with Gasteiger partial charge in [0.2, 0.25) is 5.91 Å². The molecule has 7 nitrogen and oxygen atoms in total. The van der Waals surface area contributed by atoms with Crippen LogP contribution in [0.1, 0.15) is 34.3 Å². The Morgan fingerprint density at radius 1 is 1.14 bits per heavy atom. The average Bonchev–Trinajstić information content (AvgIpc) is 3.15. The van der Waals surface area contributed by atoms with E-state index in [0.717, 1.165) is 16.7 Å². The second kappa shape index (κ2) is 11.2. The third-order valence-corrected chi connectivity index (χ3v) is 5.63. The van der Waals surface area contributed by atoms with Crippen molar-refractivity contribution >= 4 is 29.3 Å². The first-order valence-corrected chi connectivity index (χ1v) is 11.2. The average molecular weight is 473 g/mol. The molecule has 4 rings (SSSR count). The fourth-order valence-electron chi connectivity index (χ4n) is 3.80. The van der Waals surface area contributed by atoms with Crippen LogP contribution in [0, 0.1) is 5.82 Å². The number of rotatable bonds is 6. The number of ether oxygens (including phenoxy) is 1. The maximum Gasteiger partial charge on any atom is 0.258 e. The van der Waals surface area contributed by atoms with Gasteiger partial charge in [-0.25, -0.2) is 9.37 Å². The molecule has 1 aromatic carbocycles. The molecular weight excluding hydrogens is 447 g/mol. The first-order chi connectivity index (χ1) is 17.0. The molecule has 0 aliphatic carbocycles.